The van der Waals surface area contributed by atoms with Crippen molar-refractivity contribution < 1.29 is 8.42 Å². The van der Waals surface area contributed by atoms with Crippen molar-refractivity contribution in [3.05, 3.63) is 0 Å². The Morgan fingerprint density at radius 2 is 1.77 bits per heavy atom. The van der Waals surface area contributed by atoms with Gasteiger partial charge in [0.25, 0.3) is 0 Å². The molecule has 78 valence electrons. The minimum Gasteiger partial charge on any atom is -0.213 e. The van der Waals surface area contributed by atoms with Gasteiger partial charge in [-0.15, -0.1) is 0 Å². The lowest BCUT2D eigenvalue weighted by atomic mass is 9.98. The van der Waals surface area contributed by atoms with E-state index in [1.165, 1.54) is 19.1 Å². The normalized spacial score (nSPS) is 31.2. The summed E-state index contributed by atoms with van der Waals surface area (Å²) in [7, 11) is -3.02. The van der Waals surface area contributed by atoms with E-state index in [2.05, 4.69) is 11.6 Å². The van der Waals surface area contributed by atoms with Crippen LogP contribution in [0.2, 0.25) is 0 Å². The van der Waals surface area contributed by atoms with Gasteiger partial charge in [0.2, 0.25) is 10.0 Å². The lowest BCUT2D eigenvalue weighted by Crippen LogP contribution is -2.38. The number of sulfonamides is 1. The fourth-order valence-electron chi connectivity index (χ4n) is 1.94. The Hall–Kier alpha value is -0.0900. The molecule has 1 fully saturated rings. The minimum absolute atomic E-state index is 0.164. The van der Waals surface area contributed by atoms with Crippen LogP contribution >= 0.6 is 0 Å². The molecule has 1 N–H and O–H groups in total. The molecule has 13 heavy (non-hydrogen) atoms. The van der Waals surface area contributed by atoms with Gasteiger partial charge in [-0.1, -0.05) is 26.2 Å². The Bertz CT molecular complexity index is 248. The molecule has 0 bridgehead atoms. The Kier molecular flexibility index (Phi) is 3.74. The molecule has 1 saturated carbocycles. The molecule has 4 heteroatoms. The molecule has 3 nitrogen and oxygen atoms in total. The Morgan fingerprint density at radius 3 is 2.38 bits per heavy atom. The summed E-state index contributed by atoms with van der Waals surface area (Å²) in [6.07, 6.45) is 7.01. The van der Waals surface area contributed by atoms with Gasteiger partial charge < -0.3 is 0 Å². The van der Waals surface area contributed by atoms with Crippen molar-refractivity contribution in [2.75, 3.05) is 6.26 Å². The van der Waals surface area contributed by atoms with E-state index >= 15 is 0 Å². The lowest BCUT2D eigenvalue weighted by Gasteiger charge is -2.21. The highest BCUT2D eigenvalue weighted by atomic mass is 32.2. The quantitative estimate of drug-likeness (QED) is 0.694. The number of hydrogen-bond donors (Lipinski definition) is 1. The van der Waals surface area contributed by atoms with Crippen LogP contribution in [0.1, 0.15) is 39.0 Å². The summed E-state index contributed by atoms with van der Waals surface area (Å²) >= 11 is 0. The molecule has 1 aliphatic carbocycles. The first-order chi connectivity index (χ1) is 5.99. The van der Waals surface area contributed by atoms with Crippen molar-refractivity contribution >= 4 is 10.0 Å². The zero-order valence-electron chi connectivity index (χ0n) is 8.41. The Labute approximate surface area is 81.0 Å². The highest BCUT2D eigenvalue weighted by Gasteiger charge is 2.22. The van der Waals surface area contributed by atoms with Crippen LogP contribution in [0, 0.1) is 5.92 Å². The van der Waals surface area contributed by atoms with Gasteiger partial charge in [0.1, 0.15) is 0 Å². The third-order valence-corrected chi connectivity index (χ3v) is 3.46. The fraction of sp³-hybridized carbons (Fsp3) is 1.00. The molecule has 0 radical (unpaired) electrons. The van der Waals surface area contributed by atoms with Crippen molar-refractivity contribution in [2.24, 2.45) is 5.92 Å². The molecule has 0 spiro atoms. The first-order valence-electron chi connectivity index (χ1n) is 4.96. The zero-order valence-corrected chi connectivity index (χ0v) is 9.23. The fourth-order valence-corrected chi connectivity index (χ4v) is 2.84. The van der Waals surface area contributed by atoms with Crippen molar-refractivity contribution in [3.63, 3.8) is 0 Å². The van der Waals surface area contributed by atoms with Crippen LogP contribution < -0.4 is 4.72 Å². The molecular formula is C9H19NO2S. The van der Waals surface area contributed by atoms with Crippen LogP contribution in [0.3, 0.4) is 0 Å². The molecule has 1 aliphatic rings. The smallest absolute Gasteiger partial charge is 0.208 e. The highest BCUT2D eigenvalue weighted by molar-refractivity contribution is 7.88. The molecule has 1 rings (SSSR count). The van der Waals surface area contributed by atoms with Crippen LogP contribution in [0.15, 0.2) is 0 Å². The van der Waals surface area contributed by atoms with Crippen LogP contribution in [0.5, 0.6) is 0 Å². The number of rotatable bonds is 2. The van der Waals surface area contributed by atoms with Crippen LogP contribution in [-0.4, -0.2) is 20.7 Å². The topological polar surface area (TPSA) is 46.2 Å². The van der Waals surface area contributed by atoms with Crippen molar-refractivity contribution in [1.29, 1.82) is 0 Å². The predicted molar refractivity (Wildman–Crippen MR) is 54.0 cm³/mol. The molecule has 0 aromatic carbocycles. The monoisotopic (exact) mass is 205 g/mol. The van der Waals surface area contributed by atoms with E-state index in [4.69, 9.17) is 0 Å². The van der Waals surface area contributed by atoms with Gasteiger partial charge in [0, 0.05) is 6.04 Å². The van der Waals surface area contributed by atoms with Crippen molar-refractivity contribution in [2.45, 2.75) is 45.1 Å². The summed E-state index contributed by atoms with van der Waals surface area (Å²) in [6, 6.07) is 0.164. The van der Waals surface area contributed by atoms with Gasteiger partial charge >= 0.3 is 0 Å². The summed E-state index contributed by atoms with van der Waals surface area (Å²) in [6.45, 7) is 2.13. The summed E-state index contributed by atoms with van der Waals surface area (Å²) in [4.78, 5) is 0. The van der Waals surface area contributed by atoms with Gasteiger partial charge in [-0.25, -0.2) is 13.1 Å². The first-order valence-corrected chi connectivity index (χ1v) is 6.85. The molecule has 2 atom stereocenters. The summed E-state index contributed by atoms with van der Waals surface area (Å²) in [5.74, 6) is 0.484. The third-order valence-electron chi connectivity index (χ3n) is 2.73. The lowest BCUT2D eigenvalue weighted by molar-refractivity contribution is 0.400. The SMILES string of the molecule is CC1CCCCCC1NS(C)(=O)=O. The maximum Gasteiger partial charge on any atom is 0.208 e. The van der Waals surface area contributed by atoms with E-state index in [0.29, 0.717) is 5.92 Å². The van der Waals surface area contributed by atoms with Gasteiger partial charge in [0.05, 0.1) is 6.26 Å². The molecule has 0 aliphatic heterocycles. The van der Waals surface area contributed by atoms with E-state index in [1.54, 1.807) is 0 Å². The third kappa shape index (κ3) is 4.09. The van der Waals surface area contributed by atoms with E-state index in [-0.39, 0.29) is 6.04 Å². The van der Waals surface area contributed by atoms with Gasteiger partial charge in [0.15, 0.2) is 0 Å². The summed E-state index contributed by atoms with van der Waals surface area (Å²) < 4.78 is 24.8. The molecule has 2 unspecified atom stereocenters. The second-order valence-corrected chi connectivity index (χ2v) is 5.89. The first kappa shape index (κ1) is 11.0. The van der Waals surface area contributed by atoms with Crippen LogP contribution in [0.25, 0.3) is 0 Å². The molecule has 0 aromatic rings. The van der Waals surface area contributed by atoms with Gasteiger partial charge in [-0.2, -0.15) is 0 Å². The van der Waals surface area contributed by atoms with Crippen LogP contribution in [-0.2, 0) is 10.0 Å². The van der Waals surface area contributed by atoms with E-state index in [1.807, 2.05) is 0 Å². The maximum absolute atomic E-state index is 11.0. The molecule has 0 saturated heterocycles. The van der Waals surface area contributed by atoms with Crippen LogP contribution in [0.4, 0.5) is 0 Å². The highest BCUT2D eigenvalue weighted by Crippen LogP contribution is 2.23. The van der Waals surface area contributed by atoms with E-state index in [9.17, 15) is 8.42 Å². The average molecular weight is 205 g/mol. The van der Waals surface area contributed by atoms with Crippen molar-refractivity contribution in [3.8, 4) is 0 Å². The standard InChI is InChI=1S/C9H19NO2S/c1-8-6-4-3-5-7-9(8)10-13(2,11)12/h8-10H,3-7H2,1-2H3. The van der Waals surface area contributed by atoms with Gasteiger partial charge in [-0.05, 0) is 18.8 Å². The minimum atomic E-state index is -3.02. The molecule has 0 amide bonds. The predicted octanol–water partition coefficient (Wildman–Crippen LogP) is 1.50. The Balaban J connectivity index is 2.55. The average Bonchev–Trinajstić information content (AvgIpc) is 2.14. The zero-order chi connectivity index (χ0) is 9.90. The molecule has 0 aromatic heterocycles. The molecule has 0 heterocycles. The second kappa shape index (κ2) is 4.42. The van der Waals surface area contributed by atoms with E-state index in [0.717, 1.165) is 19.3 Å². The largest absolute Gasteiger partial charge is 0.213 e. The number of nitrogens with one attached hydrogen (secondary N) is 1. The molecular weight excluding hydrogens is 186 g/mol. The summed E-state index contributed by atoms with van der Waals surface area (Å²) in [5.41, 5.74) is 0. The number of hydrogen-bond acceptors (Lipinski definition) is 2. The Morgan fingerprint density at radius 1 is 1.15 bits per heavy atom. The second-order valence-electron chi connectivity index (χ2n) is 4.11. The van der Waals surface area contributed by atoms with Crippen molar-refractivity contribution in [1.82, 2.24) is 4.72 Å². The summed E-state index contributed by atoms with van der Waals surface area (Å²) in [5, 5.41) is 0. The van der Waals surface area contributed by atoms with Gasteiger partial charge in [-0.3, -0.25) is 0 Å². The van der Waals surface area contributed by atoms with E-state index < -0.39 is 10.0 Å². The maximum atomic E-state index is 11.0.